The molecule has 0 amide bonds. The van der Waals surface area contributed by atoms with Crippen LogP contribution in [0.2, 0.25) is 0 Å². The number of allylic oxidation sites excluding steroid dienone is 3. The summed E-state index contributed by atoms with van der Waals surface area (Å²) in [5.41, 5.74) is 2.22. The average molecular weight is 443 g/mol. The Hall–Kier alpha value is -2.33. The van der Waals surface area contributed by atoms with Gasteiger partial charge in [0.1, 0.15) is 5.82 Å². The lowest BCUT2D eigenvalue weighted by molar-refractivity contribution is -0.249. The molecule has 0 bridgehead atoms. The van der Waals surface area contributed by atoms with Crippen molar-refractivity contribution in [2.45, 2.75) is 63.9 Å². The first-order chi connectivity index (χ1) is 15.4. The minimum Gasteiger partial charge on any atom is -0.316 e. The van der Waals surface area contributed by atoms with Crippen LogP contribution in [0.4, 0.5) is 13.2 Å². The van der Waals surface area contributed by atoms with Crippen molar-refractivity contribution >= 4 is 0 Å². The van der Waals surface area contributed by atoms with Gasteiger partial charge in [0.2, 0.25) is 0 Å². The van der Waals surface area contributed by atoms with Gasteiger partial charge in [-0.05, 0) is 92.5 Å². The van der Waals surface area contributed by atoms with Crippen molar-refractivity contribution < 1.29 is 17.9 Å². The van der Waals surface area contributed by atoms with E-state index in [-0.39, 0.29) is 12.5 Å². The second-order valence-corrected chi connectivity index (χ2v) is 8.63. The summed E-state index contributed by atoms with van der Waals surface area (Å²) in [7, 11) is 0. The minimum absolute atomic E-state index is 0.183. The van der Waals surface area contributed by atoms with E-state index < -0.39 is 17.5 Å². The van der Waals surface area contributed by atoms with Crippen molar-refractivity contribution in [3.63, 3.8) is 0 Å². The van der Waals surface area contributed by atoms with Crippen LogP contribution in [0.25, 0.3) is 0 Å². The Morgan fingerprint density at radius 3 is 2.25 bits per heavy atom. The first-order valence-corrected chi connectivity index (χ1v) is 11.6. The molecule has 0 saturated heterocycles. The summed E-state index contributed by atoms with van der Waals surface area (Å²) >= 11 is 0. The normalized spacial score (nSPS) is 19.4. The molecule has 0 atom stereocenters. The molecule has 172 valence electrons. The highest BCUT2D eigenvalue weighted by Crippen LogP contribution is 2.38. The van der Waals surface area contributed by atoms with Crippen LogP contribution in [0.1, 0.15) is 67.2 Å². The molecule has 1 aliphatic carbocycles. The summed E-state index contributed by atoms with van der Waals surface area (Å²) in [6, 6.07) is 12.0. The van der Waals surface area contributed by atoms with E-state index in [1.807, 2.05) is 43.3 Å². The van der Waals surface area contributed by atoms with E-state index in [1.165, 1.54) is 17.7 Å². The molecule has 0 unspecified atom stereocenters. The molecule has 1 nitrogen and oxygen atoms in total. The van der Waals surface area contributed by atoms with Crippen molar-refractivity contribution in [1.82, 2.24) is 0 Å². The summed E-state index contributed by atoms with van der Waals surface area (Å²) in [5, 5.41) is 0. The molecule has 0 aliphatic heterocycles. The smallest absolute Gasteiger partial charge is 0.316 e. The Balaban J connectivity index is 1.54. The molecule has 3 rings (SSSR count). The second kappa shape index (κ2) is 11.5. The predicted octanol–water partition coefficient (Wildman–Crippen LogP) is 8.10. The van der Waals surface area contributed by atoms with Crippen LogP contribution >= 0.6 is 0 Å². The van der Waals surface area contributed by atoms with E-state index in [2.05, 4.69) is 12.7 Å². The topological polar surface area (TPSA) is 9.23 Å². The number of hydrogen-bond acceptors (Lipinski definition) is 1. The van der Waals surface area contributed by atoms with Gasteiger partial charge in [-0.15, -0.1) is 6.58 Å². The summed E-state index contributed by atoms with van der Waals surface area (Å²) in [5.74, 6) is -0.184. The monoisotopic (exact) mass is 442 g/mol. The van der Waals surface area contributed by atoms with Crippen molar-refractivity contribution in [3.8, 4) is 0 Å². The lowest BCUT2D eigenvalue weighted by Gasteiger charge is -2.27. The number of ether oxygens (including phenoxy) is 1. The summed E-state index contributed by atoms with van der Waals surface area (Å²) < 4.78 is 48.5. The van der Waals surface area contributed by atoms with Gasteiger partial charge >= 0.3 is 6.11 Å². The molecule has 32 heavy (non-hydrogen) atoms. The first kappa shape index (κ1) is 24.3. The first-order valence-electron chi connectivity index (χ1n) is 11.6. The van der Waals surface area contributed by atoms with Crippen molar-refractivity contribution in [3.05, 3.63) is 95.3 Å². The van der Waals surface area contributed by atoms with Crippen molar-refractivity contribution in [2.75, 3.05) is 6.61 Å². The van der Waals surface area contributed by atoms with E-state index in [1.54, 1.807) is 6.07 Å². The van der Waals surface area contributed by atoms with E-state index in [0.29, 0.717) is 12.3 Å². The van der Waals surface area contributed by atoms with Crippen LogP contribution in [0.3, 0.4) is 0 Å². The second-order valence-electron chi connectivity index (χ2n) is 8.63. The zero-order chi connectivity index (χ0) is 23.0. The van der Waals surface area contributed by atoms with Gasteiger partial charge in [-0.1, -0.05) is 48.6 Å². The van der Waals surface area contributed by atoms with Crippen molar-refractivity contribution in [1.29, 1.82) is 0 Å². The fourth-order valence-electron chi connectivity index (χ4n) is 4.37. The largest absolute Gasteiger partial charge is 0.386 e. The van der Waals surface area contributed by atoms with Crippen LogP contribution in [0.5, 0.6) is 0 Å². The Kier molecular flexibility index (Phi) is 8.75. The number of hydrogen-bond donors (Lipinski definition) is 0. The standard InChI is InChI=1S/C28H33F3O/c1-3-5-6-7-22-8-10-23(11-9-22)18-19-32-28(30,31)26-17-16-25(20-27(26)29)24-14-12-21(4-2)13-15-24/h3-5,8-11,16-17,20-21,24H,2,6-7,12-15,18-19H2,1H3. The van der Waals surface area contributed by atoms with E-state index in [4.69, 9.17) is 4.74 Å². The maximum absolute atomic E-state index is 14.6. The molecule has 0 spiro atoms. The zero-order valence-corrected chi connectivity index (χ0v) is 18.8. The van der Waals surface area contributed by atoms with Gasteiger partial charge in [0, 0.05) is 0 Å². The zero-order valence-electron chi connectivity index (χ0n) is 18.8. The molecular weight excluding hydrogens is 409 g/mol. The SMILES string of the molecule is C=CC1CCC(c2ccc(C(F)(F)OCCc3ccc(CCC=CC)cc3)c(F)c2)CC1. The number of halogens is 3. The summed E-state index contributed by atoms with van der Waals surface area (Å²) in [6.45, 7) is 5.65. The maximum Gasteiger partial charge on any atom is 0.386 e. The molecule has 1 aliphatic rings. The molecule has 0 N–H and O–H groups in total. The molecule has 4 heteroatoms. The Bertz CT molecular complexity index is 893. The maximum atomic E-state index is 14.6. The van der Waals surface area contributed by atoms with Gasteiger partial charge < -0.3 is 4.74 Å². The van der Waals surface area contributed by atoms with Crippen LogP contribution in [0.15, 0.2) is 67.3 Å². The average Bonchev–Trinajstić information content (AvgIpc) is 2.80. The minimum atomic E-state index is -3.66. The number of rotatable bonds is 10. The van der Waals surface area contributed by atoms with E-state index >= 15 is 0 Å². The fourth-order valence-corrected chi connectivity index (χ4v) is 4.37. The number of alkyl halides is 2. The summed E-state index contributed by atoms with van der Waals surface area (Å²) in [6.07, 6.45) is 8.59. The third kappa shape index (κ3) is 6.59. The van der Waals surface area contributed by atoms with E-state index in [9.17, 15) is 13.2 Å². The molecule has 0 radical (unpaired) electrons. The third-order valence-electron chi connectivity index (χ3n) is 6.42. The molecule has 0 aromatic heterocycles. The molecule has 0 heterocycles. The lowest BCUT2D eigenvalue weighted by atomic mass is 9.78. The Labute approximate surface area is 190 Å². The quantitative estimate of drug-likeness (QED) is 0.338. The highest BCUT2D eigenvalue weighted by molar-refractivity contribution is 5.29. The highest BCUT2D eigenvalue weighted by atomic mass is 19.3. The van der Waals surface area contributed by atoms with Gasteiger partial charge in [-0.2, -0.15) is 8.78 Å². The van der Waals surface area contributed by atoms with Gasteiger partial charge in [-0.25, -0.2) is 4.39 Å². The number of aryl methyl sites for hydroxylation is 1. The molecule has 1 saturated carbocycles. The Morgan fingerprint density at radius 2 is 1.66 bits per heavy atom. The predicted molar refractivity (Wildman–Crippen MR) is 124 cm³/mol. The molecule has 2 aromatic rings. The van der Waals surface area contributed by atoms with Gasteiger partial charge in [0.25, 0.3) is 0 Å². The van der Waals surface area contributed by atoms with Crippen LogP contribution in [0, 0.1) is 11.7 Å². The Morgan fingerprint density at radius 1 is 1.00 bits per heavy atom. The number of benzene rings is 2. The van der Waals surface area contributed by atoms with Crippen LogP contribution in [-0.4, -0.2) is 6.61 Å². The molecule has 1 fully saturated rings. The van der Waals surface area contributed by atoms with E-state index in [0.717, 1.165) is 49.7 Å². The van der Waals surface area contributed by atoms with Gasteiger partial charge in [0.15, 0.2) is 0 Å². The van der Waals surface area contributed by atoms with Crippen LogP contribution in [-0.2, 0) is 23.7 Å². The highest BCUT2D eigenvalue weighted by Gasteiger charge is 2.36. The lowest BCUT2D eigenvalue weighted by Crippen LogP contribution is -2.22. The van der Waals surface area contributed by atoms with Gasteiger partial charge in [0.05, 0.1) is 12.2 Å². The molecule has 2 aromatic carbocycles. The summed E-state index contributed by atoms with van der Waals surface area (Å²) in [4.78, 5) is 0. The van der Waals surface area contributed by atoms with Crippen molar-refractivity contribution in [2.24, 2.45) is 5.92 Å². The van der Waals surface area contributed by atoms with Gasteiger partial charge in [-0.3, -0.25) is 0 Å². The van der Waals surface area contributed by atoms with Crippen LogP contribution < -0.4 is 0 Å². The molecular formula is C28H33F3O. The fraction of sp³-hybridized carbons (Fsp3) is 0.429. The third-order valence-corrected chi connectivity index (χ3v) is 6.42.